The molecule has 2 aromatic carbocycles. The molecule has 0 aromatic heterocycles. The van der Waals surface area contributed by atoms with Crippen molar-refractivity contribution in [3.05, 3.63) is 59.7 Å². The van der Waals surface area contributed by atoms with Crippen molar-refractivity contribution < 1.29 is 14.8 Å². The summed E-state index contributed by atoms with van der Waals surface area (Å²) in [6.45, 7) is 10.2. The molecule has 2 N–H and O–H groups in total. The molecule has 0 aliphatic carbocycles. The maximum absolute atomic E-state index is 13.3. The van der Waals surface area contributed by atoms with Crippen LogP contribution in [0.2, 0.25) is 0 Å². The SMILES string of the molecule is CCCN1C(=O)N(c2ccc(C)cc2)C(N(O)C(=O)Nc2ccc(C)cc2)C1(C)C. The summed E-state index contributed by atoms with van der Waals surface area (Å²) >= 11 is 0. The van der Waals surface area contributed by atoms with E-state index in [1.54, 1.807) is 17.0 Å². The molecule has 2 aromatic rings. The number of hydrogen-bond acceptors (Lipinski definition) is 3. The van der Waals surface area contributed by atoms with Gasteiger partial charge in [-0.1, -0.05) is 42.3 Å². The lowest BCUT2D eigenvalue weighted by Crippen LogP contribution is -2.58. The summed E-state index contributed by atoms with van der Waals surface area (Å²) in [6.07, 6.45) is -0.130. The molecule has 0 radical (unpaired) electrons. The number of hydroxylamine groups is 2. The minimum atomic E-state index is -0.898. The van der Waals surface area contributed by atoms with Gasteiger partial charge < -0.3 is 10.2 Å². The Labute approximate surface area is 177 Å². The molecule has 1 aliphatic rings. The molecule has 1 unspecified atom stereocenters. The van der Waals surface area contributed by atoms with Gasteiger partial charge >= 0.3 is 12.1 Å². The lowest BCUT2D eigenvalue weighted by atomic mass is 9.99. The van der Waals surface area contributed by atoms with Crippen LogP contribution in [0.4, 0.5) is 21.0 Å². The summed E-state index contributed by atoms with van der Waals surface area (Å²) in [6, 6.07) is 13.8. The first-order valence-electron chi connectivity index (χ1n) is 10.2. The van der Waals surface area contributed by atoms with E-state index in [2.05, 4.69) is 5.32 Å². The first-order valence-corrected chi connectivity index (χ1v) is 10.2. The normalized spacial score (nSPS) is 17.9. The summed E-state index contributed by atoms with van der Waals surface area (Å²) in [5, 5.41) is 14.3. The molecule has 0 saturated carbocycles. The monoisotopic (exact) mass is 410 g/mol. The average molecular weight is 411 g/mol. The molecule has 1 heterocycles. The molecule has 7 heteroatoms. The predicted molar refractivity (Wildman–Crippen MR) is 118 cm³/mol. The molecule has 1 atom stereocenters. The van der Waals surface area contributed by atoms with Gasteiger partial charge in [0, 0.05) is 17.9 Å². The summed E-state index contributed by atoms with van der Waals surface area (Å²) in [5.41, 5.74) is 2.52. The molecule has 1 fully saturated rings. The fraction of sp³-hybridized carbons (Fsp3) is 0.391. The number of carbonyl (C=O) groups excluding carboxylic acids is 2. The average Bonchev–Trinajstić information content (AvgIpc) is 2.90. The quantitative estimate of drug-likeness (QED) is 0.539. The van der Waals surface area contributed by atoms with Gasteiger partial charge in [0.1, 0.15) is 0 Å². The van der Waals surface area contributed by atoms with E-state index < -0.39 is 17.7 Å². The van der Waals surface area contributed by atoms with Gasteiger partial charge in [0.05, 0.1) is 5.54 Å². The summed E-state index contributed by atoms with van der Waals surface area (Å²) in [4.78, 5) is 29.4. The zero-order chi connectivity index (χ0) is 22.1. The van der Waals surface area contributed by atoms with Gasteiger partial charge in [0.15, 0.2) is 6.17 Å². The molecular weight excluding hydrogens is 380 g/mol. The molecule has 160 valence electrons. The van der Waals surface area contributed by atoms with E-state index in [4.69, 9.17) is 0 Å². The van der Waals surface area contributed by atoms with Gasteiger partial charge in [-0.2, -0.15) is 5.06 Å². The second-order valence-electron chi connectivity index (χ2n) is 8.31. The van der Waals surface area contributed by atoms with Crippen LogP contribution in [0.5, 0.6) is 0 Å². The van der Waals surface area contributed by atoms with E-state index in [0.717, 1.165) is 17.5 Å². The summed E-state index contributed by atoms with van der Waals surface area (Å²) in [7, 11) is 0. The van der Waals surface area contributed by atoms with Crippen LogP contribution in [0.1, 0.15) is 38.3 Å². The van der Waals surface area contributed by atoms with Gasteiger partial charge in [0.25, 0.3) is 0 Å². The third kappa shape index (κ3) is 3.98. The highest BCUT2D eigenvalue weighted by molar-refractivity contribution is 5.98. The van der Waals surface area contributed by atoms with Crippen molar-refractivity contribution in [1.82, 2.24) is 9.96 Å². The molecule has 1 saturated heterocycles. The second kappa shape index (κ2) is 8.36. The Kier molecular flexibility index (Phi) is 6.03. The largest absolute Gasteiger partial charge is 0.347 e. The third-order valence-electron chi connectivity index (χ3n) is 5.51. The van der Waals surface area contributed by atoms with Gasteiger partial charge in [-0.05, 0) is 58.4 Å². The number of aryl methyl sites for hydroxylation is 2. The summed E-state index contributed by atoms with van der Waals surface area (Å²) in [5.74, 6) is 0. The maximum Gasteiger partial charge on any atom is 0.347 e. The number of urea groups is 2. The zero-order valence-corrected chi connectivity index (χ0v) is 18.2. The highest BCUT2D eigenvalue weighted by Crippen LogP contribution is 2.38. The fourth-order valence-electron chi connectivity index (χ4n) is 3.84. The van der Waals surface area contributed by atoms with Crippen molar-refractivity contribution in [3.8, 4) is 0 Å². The second-order valence-corrected chi connectivity index (χ2v) is 8.31. The van der Waals surface area contributed by atoms with E-state index in [0.29, 0.717) is 23.0 Å². The van der Waals surface area contributed by atoms with E-state index in [9.17, 15) is 14.8 Å². The predicted octanol–water partition coefficient (Wildman–Crippen LogP) is 4.98. The van der Waals surface area contributed by atoms with Crippen molar-refractivity contribution in [3.63, 3.8) is 0 Å². The molecule has 7 nitrogen and oxygen atoms in total. The number of amides is 4. The van der Waals surface area contributed by atoms with Crippen LogP contribution in [0.15, 0.2) is 48.5 Å². The number of rotatable bonds is 5. The van der Waals surface area contributed by atoms with Crippen LogP contribution >= 0.6 is 0 Å². The Balaban J connectivity index is 1.95. The zero-order valence-electron chi connectivity index (χ0n) is 18.2. The molecule has 0 spiro atoms. The number of benzene rings is 2. The van der Waals surface area contributed by atoms with Gasteiger partial charge in [-0.3, -0.25) is 10.1 Å². The topological polar surface area (TPSA) is 76.1 Å². The lowest BCUT2D eigenvalue weighted by Gasteiger charge is -2.38. The summed E-state index contributed by atoms with van der Waals surface area (Å²) < 4.78 is 0. The number of carbonyl (C=O) groups is 2. The van der Waals surface area contributed by atoms with Crippen molar-refractivity contribution >= 4 is 23.4 Å². The first-order chi connectivity index (χ1) is 14.2. The van der Waals surface area contributed by atoms with Crippen LogP contribution in [0.3, 0.4) is 0 Å². The van der Waals surface area contributed by atoms with E-state index in [-0.39, 0.29) is 6.03 Å². The smallest absolute Gasteiger partial charge is 0.315 e. The van der Waals surface area contributed by atoms with Crippen LogP contribution < -0.4 is 10.2 Å². The number of nitrogens with zero attached hydrogens (tertiary/aromatic N) is 3. The lowest BCUT2D eigenvalue weighted by molar-refractivity contribution is -0.0948. The number of nitrogens with one attached hydrogen (secondary N) is 1. The maximum atomic E-state index is 13.3. The third-order valence-corrected chi connectivity index (χ3v) is 5.51. The standard InChI is InChI=1S/C23H30N4O3/c1-6-15-25-22(29)26(19-13-9-17(3)10-14-19)20(23(25,4)5)27(30)21(28)24-18-11-7-16(2)8-12-18/h7-14,20,30H,6,15H2,1-5H3,(H,24,28). The molecule has 1 aliphatic heterocycles. The highest BCUT2D eigenvalue weighted by Gasteiger charge is 2.55. The molecule has 4 amide bonds. The van der Waals surface area contributed by atoms with Gasteiger partial charge in [0.2, 0.25) is 0 Å². The van der Waals surface area contributed by atoms with E-state index >= 15 is 0 Å². The fourth-order valence-corrected chi connectivity index (χ4v) is 3.84. The molecule has 3 rings (SSSR count). The minimum absolute atomic E-state index is 0.238. The Morgan fingerprint density at radius 1 is 1.07 bits per heavy atom. The Morgan fingerprint density at radius 2 is 1.60 bits per heavy atom. The van der Waals surface area contributed by atoms with E-state index in [1.807, 2.05) is 71.0 Å². The van der Waals surface area contributed by atoms with Crippen molar-refractivity contribution in [2.45, 2.75) is 52.7 Å². The Morgan fingerprint density at radius 3 is 2.13 bits per heavy atom. The molecule has 0 bridgehead atoms. The van der Waals surface area contributed by atoms with Gasteiger partial charge in [-0.15, -0.1) is 0 Å². The Hall–Kier alpha value is -3.06. The van der Waals surface area contributed by atoms with Gasteiger partial charge in [-0.25, -0.2) is 9.59 Å². The molecule has 30 heavy (non-hydrogen) atoms. The highest BCUT2D eigenvalue weighted by atomic mass is 16.5. The Bertz CT molecular complexity index is 909. The first kappa shape index (κ1) is 21.6. The van der Waals surface area contributed by atoms with Crippen molar-refractivity contribution in [1.29, 1.82) is 0 Å². The van der Waals surface area contributed by atoms with Crippen molar-refractivity contribution in [2.75, 3.05) is 16.8 Å². The van der Waals surface area contributed by atoms with Crippen LogP contribution in [-0.2, 0) is 0 Å². The van der Waals surface area contributed by atoms with Crippen molar-refractivity contribution in [2.24, 2.45) is 0 Å². The van der Waals surface area contributed by atoms with Crippen LogP contribution in [-0.4, -0.2) is 45.5 Å². The number of anilines is 2. The molecular formula is C23H30N4O3. The van der Waals surface area contributed by atoms with Crippen LogP contribution in [0.25, 0.3) is 0 Å². The van der Waals surface area contributed by atoms with E-state index in [1.165, 1.54) is 4.90 Å². The number of hydrogen-bond donors (Lipinski definition) is 2. The minimum Gasteiger partial charge on any atom is -0.315 e. The van der Waals surface area contributed by atoms with Crippen LogP contribution in [0, 0.1) is 13.8 Å².